The molecule has 0 amide bonds. The zero-order valence-corrected chi connectivity index (χ0v) is 18.5. The number of nitro groups is 1. The summed E-state index contributed by atoms with van der Waals surface area (Å²) < 4.78 is 36.8. The van der Waals surface area contributed by atoms with Crippen LogP contribution in [-0.2, 0) is 23.0 Å². The predicted octanol–water partition coefficient (Wildman–Crippen LogP) is 3.78. The molecule has 0 spiro atoms. The molecule has 0 unspecified atom stereocenters. The van der Waals surface area contributed by atoms with E-state index in [0.717, 1.165) is 0 Å². The van der Waals surface area contributed by atoms with E-state index >= 15 is 0 Å². The maximum Gasteiger partial charge on any atom is 0.275 e. The van der Waals surface area contributed by atoms with Gasteiger partial charge in [-0.15, -0.1) is 0 Å². The van der Waals surface area contributed by atoms with Gasteiger partial charge in [-0.2, -0.15) is 5.10 Å². The first-order valence-corrected chi connectivity index (χ1v) is 11.5. The first-order chi connectivity index (χ1) is 16.3. The highest BCUT2D eigenvalue weighted by Gasteiger charge is 2.16. The van der Waals surface area contributed by atoms with Crippen molar-refractivity contribution in [3.05, 3.63) is 116 Å². The van der Waals surface area contributed by atoms with E-state index in [9.17, 15) is 27.7 Å². The van der Waals surface area contributed by atoms with Crippen molar-refractivity contribution in [1.29, 1.82) is 0 Å². The molecule has 0 N–H and O–H groups in total. The summed E-state index contributed by atoms with van der Waals surface area (Å²) in [4.78, 5) is 23.8. The van der Waals surface area contributed by atoms with Gasteiger partial charge in [0.1, 0.15) is 16.5 Å². The van der Waals surface area contributed by atoms with E-state index in [1.807, 2.05) is 0 Å². The molecule has 1 heterocycles. The van der Waals surface area contributed by atoms with Crippen LogP contribution in [0.1, 0.15) is 11.1 Å². The number of benzene rings is 3. The van der Waals surface area contributed by atoms with Gasteiger partial charge in [0.2, 0.25) is 0 Å². The molecule has 172 valence electrons. The van der Waals surface area contributed by atoms with Gasteiger partial charge in [0.15, 0.2) is 0 Å². The number of nitrogens with zero attached hydrogens (tertiary/aromatic N) is 3. The predicted molar refractivity (Wildman–Crippen MR) is 126 cm³/mol. The quantitative estimate of drug-likeness (QED) is 0.245. The van der Waals surface area contributed by atoms with E-state index in [0.29, 0.717) is 33.4 Å². The molecule has 0 saturated carbocycles. The average Bonchev–Trinajstić information content (AvgIpc) is 2.81. The minimum atomic E-state index is -2.56. The summed E-state index contributed by atoms with van der Waals surface area (Å²) in [5, 5.41) is 15.2. The van der Waals surface area contributed by atoms with Gasteiger partial charge in [-0.1, -0.05) is 48.5 Å². The summed E-state index contributed by atoms with van der Waals surface area (Å²) >= 11 is 0. The van der Waals surface area contributed by atoms with Crippen LogP contribution in [0.4, 0.5) is 10.1 Å². The molecule has 0 bridgehead atoms. The summed E-state index contributed by atoms with van der Waals surface area (Å²) in [7, 11) is -2.56. The van der Waals surface area contributed by atoms with Crippen LogP contribution in [0.3, 0.4) is 0 Å². The highest BCUT2D eigenvalue weighted by Crippen LogP contribution is 2.29. The van der Waals surface area contributed by atoms with Gasteiger partial charge < -0.3 is 0 Å². The van der Waals surface area contributed by atoms with Crippen LogP contribution in [0, 0.1) is 15.9 Å². The van der Waals surface area contributed by atoms with E-state index < -0.39 is 27.0 Å². The SMILES string of the molecule is O=c1c(-c2ccc(F)cc2)c(-c2ccc(C[SH](=O)=O)cc2)cnn1Cc1ccc([N+](=O)[O-])cc1. The highest BCUT2D eigenvalue weighted by molar-refractivity contribution is 7.71. The molecule has 0 saturated heterocycles. The van der Waals surface area contributed by atoms with Gasteiger partial charge in [0.25, 0.3) is 11.2 Å². The van der Waals surface area contributed by atoms with Crippen molar-refractivity contribution in [3.63, 3.8) is 0 Å². The maximum atomic E-state index is 13.5. The summed E-state index contributed by atoms with van der Waals surface area (Å²) in [5.74, 6) is -0.531. The number of hydrogen-bond donors (Lipinski definition) is 1. The third kappa shape index (κ3) is 5.07. The standard InChI is InChI=1S/C24H18FN3O5S/c25-20-9-7-19(8-10-20)23-22(18-5-1-17(2-6-18)15-34(32)33)13-26-27(24(23)29)14-16-3-11-21(12-4-16)28(30)31/h1-13,34H,14-15H2. The van der Waals surface area contributed by atoms with Crippen molar-refractivity contribution >= 4 is 16.4 Å². The maximum absolute atomic E-state index is 13.5. The second-order valence-corrected chi connectivity index (χ2v) is 8.50. The Morgan fingerprint density at radius 1 is 0.882 bits per heavy atom. The lowest BCUT2D eigenvalue weighted by atomic mass is 9.96. The molecule has 8 nitrogen and oxygen atoms in total. The number of rotatable bonds is 7. The van der Waals surface area contributed by atoms with Crippen molar-refractivity contribution in [2.75, 3.05) is 0 Å². The Morgan fingerprint density at radius 3 is 2.06 bits per heavy atom. The number of thiol groups is 1. The monoisotopic (exact) mass is 479 g/mol. The van der Waals surface area contributed by atoms with Gasteiger partial charge in [-0.25, -0.2) is 17.5 Å². The molecule has 0 atom stereocenters. The third-order valence-corrected chi connectivity index (χ3v) is 5.86. The average molecular weight is 479 g/mol. The van der Waals surface area contributed by atoms with Gasteiger partial charge in [-0.05, 0) is 34.4 Å². The Morgan fingerprint density at radius 2 is 1.47 bits per heavy atom. The highest BCUT2D eigenvalue weighted by atomic mass is 32.2. The van der Waals surface area contributed by atoms with Crippen molar-refractivity contribution in [2.24, 2.45) is 0 Å². The van der Waals surface area contributed by atoms with Crippen molar-refractivity contribution in [1.82, 2.24) is 9.78 Å². The van der Waals surface area contributed by atoms with E-state index in [1.54, 1.807) is 36.4 Å². The Balaban J connectivity index is 1.79. The zero-order chi connectivity index (χ0) is 24.2. The molecule has 0 fully saturated rings. The van der Waals surface area contributed by atoms with Crippen LogP contribution < -0.4 is 5.56 Å². The number of aromatic nitrogens is 2. The fraction of sp³-hybridized carbons (Fsp3) is 0.0833. The molecule has 4 rings (SSSR count). The van der Waals surface area contributed by atoms with Crippen molar-refractivity contribution in [2.45, 2.75) is 12.3 Å². The Kier molecular flexibility index (Phi) is 6.60. The van der Waals surface area contributed by atoms with Gasteiger partial charge in [-0.3, -0.25) is 14.9 Å². The number of halogens is 1. The molecule has 1 aromatic heterocycles. The third-order valence-electron chi connectivity index (χ3n) is 5.23. The van der Waals surface area contributed by atoms with Crippen LogP contribution in [0.25, 0.3) is 22.3 Å². The second kappa shape index (κ2) is 9.75. The van der Waals surface area contributed by atoms with Gasteiger partial charge in [0.05, 0.1) is 29.0 Å². The fourth-order valence-electron chi connectivity index (χ4n) is 3.55. The topological polar surface area (TPSA) is 112 Å². The molecule has 0 aliphatic rings. The molecule has 0 aliphatic carbocycles. The Bertz CT molecular complexity index is 1470. The molecular weight excluding hydrogens is 461 g/mol. The fourth-order valence-corrected chi connectivity index (χ4v) is 4.06. The lowest BCUT2D eigenvalue weighted by Crippen LogP contribution is -2.25. The molecule has 0 radical (unpaired) electrons. The van der Waals surface area contributed by atoms with E-state index in [1.165, 1.54) is 47.3 Å². The first kappa shape index (κ1) is 23.0. The second-order valence-electron chi connectivity index (χ2n) is 7.51. The summed E-state index contributed by atoms with van der Waals surface area (Å²) in [6.45, 7) is 0.0841. The molecular formula is C24H18FN3O5S. The van der Waals surface area contributed by atoms with Gasteiger partial charge >= 0.3 is 0 Å². The molecule has 0 aliphatic heterocycles. The largest absolute Gasteiger partial charge is 0.275 e. The summed E-state index contributed by atoms with van der Waals surface area (Å²) in [6, 6.07) is 18.1. The minimum absolute atomic E-state index is 0.0589. The first-order valence-electron chi connectivity index (χ1n) is 10.1. The molecule has 10 heteroatoms. The normalized spacial score (nSPS) is 11.0. The molecule has 3 aromatic carbocycles. The Labute approximate surface area is 195 Å². The van der Waals surface area contributed by atoms with Crippen LogP contribution >= 0.6 is 0 Å². The molecule has 34 heavy (non-hydrogen) atoms. The molecule has 4 aromatic rings. The zero-order valence-electron chi connectivity index (χ0n) is 17.6. The van der Waals surface area contributed by atoms with Crippen LogP contribution in [-0.4, -0.2) is 23.1 Å². The van der Waals surface area contributed by atoms with Crippen molar-refractivity contribution < 1.29 is 17.7 Å². The van der Waals surface area contributed by atoms with Crippen molar-refractivity contribution in [3.8, 4) is 22.3 Å². The van der Waals surface area contributed by atoms with Crippen LogP contribution in [0.2, 0.25) is 0 Å². The smallest absolute Gasteiger partial charge is 0.267 e. The van der Waals surface area contributed by atoms with E-state index in [2.05, 4.69) is 5.10 Å². The van der Waals surface area contributed by atoms with Gasteiger partial charge in [0, 0.05) is 17.7 Å². The summed E-state index contributed by atoms with van der Waals surface area (Å²) in [6.07, 6.45) is 1.52. The van der Waals surface area contributed by atoms with E-state index in [-0.39, 0.29) is 18.0 Å². The lowest BCUT2D eigenvalue weighted by molar-refractivity contribution is -0.384. The van der Waals surface area contributed by atoms with E-state index in [4.69, 9.17) is 0 Å². The summed E-state index contributed by atoms with van der Waals surface area (Å²) in [5.41, 5.74) is 2.74. The number of non-ortho nitro benzene ring substituents is 1. The lowest BCUT2D eigenvalue weighted by Gasteiger charge is -2.13. The minimum Gasteiger partial charge on any atom is -0.267 e. The number of nitro benzene ring substituents is 1. The number of hydrogen-bond acceptors (Lipinski definition) is 6. The Hall–Kier alpha value is -4.18. The van der Waals surface area contributed by atoms with Crippen LogP contribution in [0.5, 0.6) is 0 Å². The van der Waals surface area contributed by atoms with Crippen LogP contribution in [0.15, 0.2) is 83.8 Å².